The van der Waals surface area contributed by atoms with Gasteiger partial charge >= 0.3 is 0 Å². The van der Waals surface area contributed by atoms with Crippen LogP contribution in [0.5, 0.6) is 11.8 Å². The third kappa shape index (κ3) is 3.83. The van der Waals surface area contributed by atoms with E-state index >= 15 is 0 Å². The first-order valence-corrected chi connectivity index (χ1v) is 9.69. The Kier molecular flexibility index (Phi) is 6.23. The third-order valence-corrected chi connectivity index (χ3v) is 4.68. The molecule has 0 aliphatic rings. The van der Waals surface area contributed by atoms with Crippen molar-refractivity contribution in [3.63, 3.8) is 0 Å². The summed E-state index contributed by atoms with van der Waals surface area (Å²) < 4.78 is 12.7. The predicted molar refractivity (Wildman–Crippen MR) is 114 cm³/mol. The molecule has 3 rings (SSSR count). The summed E-state index contributed by atoms with van der Waals surface area (Å²) in [4.78, 5) is 11.6. The van der Waals surface area contributed by atoms with E-state index < -0.39 is 0 Å². The molecule has 0 amide bonds. The van der Waals surface area contributed by atoms with Gasteiger partial charge in [-0.05, 0) is 31.0 Å². The molecule has 0 atom stereocenters. The highest BCUT2D eigenvalue weighted by molar-refractivity contribution is 5.91. The second-order valence-corrected chi connectivity index (χ2v) is 6.66. The van der Waals surface area contributed by atoms with Gasteiger partial charge < -0.3 is 24.3 Å². The van der Waals surface area contributed by atoms with Crippen molar-refractivity contribution in [2.45, 2.75) is 26.7 Å². The summed E-state index contributed by atoms with van der Waals surface area (Å²) in [5.74, 6) is 1.70. The molecule has 150 valence electrons. The van der Waals surface area contributed by atoms with E-state index in [1.807, 2.05) is 19.2 Å². The molecular weight excluding hydrogens is 354 g/mol. The lowest BCUT2D eigenvalue weighted by Crippen LogP contribution is -2.25. The first kappa shape index (κ1) is 19.8. The van der Waals surface area contributed by atoms with Gasteiger partial charge in [0.1, 0.15) is 5.69 Å². The van der Waals surface area contributed by atoms with E-state index in [4.69, 9.17) is 14.5 Å². The van der Waals surface area contributed by atoms with Gasteiger partial charge in [-0.15, -0.1) is 0 Å². The Balaban J connectivity index is 2.02. The highest BCUT2D eigenvalue weighted by Gasteiger charge is 2.17. The average molecular weight is 383 g/mol. The van der Waals surface area contributed by atoms with Gasteiger partial charge in [0, 0.05) is 26.2 Å². The summed E-state index contributed by atoms with van der Waals surface area (Å²) in [6.07, 6.45) is 2.21. The molecule has 0 radical (unpaired) electrons. The molecular formula is C21H29N5O2. The Morgan fingerprint density at radius 3 is 2.39 bits per heavy atom. The van der Waals surface area contributed by atoms with Crippen LogP contribution in [-0.2, 0) is 7.05 Å². The van der Waals surface area contributed by atoms with Crippen molar-refractivity contribution in [2.24, 2.45) is 7.05 Å². The monoisotopic (exact) mass is 383 g/mol. The maximum Gasteiger partial charge on any atom is 0.240 e. The van der Waals surface area contributed by atoms with Crippen molar-refractivity contribution in [3.05, 3.63) is 30.3 Å². The molecule has 1 N–H and O–H groups in total. The number of methoxy groups -OCH3 is 2. The summed E-state index contributed by atoms with van der Waals surface area (Å²) in [5, 5.41) is 3.35. The number of imidazole rings is 1. The molecule has 28 heavy (non-hydrogen) atoms. The van der Waals surface area contributed by atoms with Crippen molar-refractivity contribution in [3.8, 4) is 11.8 Å². The van der Waals surface area contributed by atoms with E-state index in [0.29, 0.717) is 11.8 Å². The first-order chi connectivity index (χ1) is 13.6. The molecule has 0 aliphatic heterocycles. The largest absolute Gasteiger partial charge is 0.481 e. The van der Waals surface area contributed by atoms with E-state index in [1.165, 1.54) is 5.69 Å². The molecule has 0 saturated heterocycles. The van der Waals surface area contributed by atoms with Crippen LogP contribution in [0.2, 0.25) is 0 Å². The van der Waals surface area contributed by atoms with Crippen LogP contribution in [0.4, 0.5) is 17.3 Å². The van der Waals surface area contributed by atoms with Crippen LogP contribution >= 0.6 is 0 Å². The van der Waals surface area contributed by atoms with Crippen molar-refractivity contribution in [2.75, 3.05) is 37.5 Å². The molecule has 0 unspecified atom stereocenters. The fraction of sp³-hybridized carbons (Fsp3) is 0.429. The Bertz CT molecular complexity index is 932. The summed E-state index contributed by atoms with van der Waals surface area (Å²) >= 11 is 0. The number of nitrogens with zero attached hydrogens (tertiary/aromatic N) is 4. The maximum absolute atomic E-state index is 5.40. The molecule has 0 spiro atoms. The second kappa shape index (κ2) is 8.82. The van der Waals surface area contributed by atoms with Crippen molar-refractivity contribution < 1.29 is 9.47 Å². The number of para-hydroxylation sites is 1. The van der Waals surface area contributed by atoms with Gasteiger partial charge in [0.05, 0.1) is 30.9 Å². The van der Waals surface area contributed by atoms with E-state index in [-0.39, 0.29) is 0 Å². The lowest BCUT2D eigenvalue weighted by Gasteiger charge is -2.25. The minimum atomic E-state index is 0.463. The van der Waals surface area contributed by atoms with Crippen LogP contribution in [0.25, 0.3) is 11.0 Å². The molecule has 3 aromatic rings. The zero-order chi connectivity index (χ0) is 20.1. The van der Waals surface area contributed by atoms with Crippen LogP contribution in [0.3, 0.4) is 0 Å². The number of pyridine rings is 1. The zero-order valence-corrected chi connectivity index (χ0v) is 17.3. The van der Waals surface area contributed by atoms with Crippen LogP contribution in [0.15, 0.2) is 30.3 Å². The lowest BCUT2D eigenvalue weighted by atomic mass is 10.2. The van der Waals surface area contributed by atoms with Crippen LogP contribution in [0, 0.1) is 0 Å². The summed E-state index contributed by atoms with van der Waals surface area (Å²) in [7, 11) is 5.20. The fourth-order valence-corrected chi connectivity index (χ4v) is 3.42. The Hall–Kier alpha value is -2.96. The summed E-state index contributed by atoms with van der Waals surface area (Å²) in [6, 6.07) is 9.97. The highest BCUT2D eigenvalue weighted by Crippen LogP contribution is 2.32. The molecule has 2 aromatic heterocycles. The zero-order valence-electron chi connectivity index (χ0n) is 17.3. The third-order valence-electron chi connectivity index (χ3n) is 4.68. The molecule has 0 fully saturated rings. The first-order valence-electron chi connectivity index (χ1n) is 9.69. The number of anilines is 3. The number of aryl methyl sites for hydroxylation is 1. The SMILES string of the molecule is CCCN(CCC)c1cccc2nc(Nc3ccc(OC)nc3OC)n(C)c12. The van der Waals surface area contributed by atoms with Gasteiger partial charge in [-0.1, -0.05) is 19.9 Å². The minimum absolute atomic E-state index is 0.463. The number of benzene rings is 1. The van der Waals surface area contributed by atoms with E-state index in [2.05, 4.69) is 45.7 Å². The number of nitrogens with one attached hydrogen (secondary N) is 1. The average Bonchev–Trinajstić information content (AvgIpc) is 3.03. The number of hydrogen-bond acceptors (Lipinski definition) is 6. The Morgan fingerprint density at radius 1 is 1.00 bits per heavy atom. The van der Waals surface area contributed by atoms with Gasteiger partial charge in [-0.2, -0.15) is 4.98 Å². The topological polar surface area (TPSA) is 64.4 Å². The predicted octanol–water partition coefficient (Wildman–Crippen LogP) is 4.36. The fourth-order valence-electron chi connectivity index (χ4n) is 3.42. The van der Waals surface area contributed by atoms with Gasteiger partial charge in [0.25, 0.3) is 0 Å². The number of aromatic nitrogens is 3. The van der Waals surface area contributed by atoms with Gasteiger partial charge in [-0.3, -0.25) is 0 Å². The van der Waals surface area contributed by atoms with Gasteiger partial charge in [0.15, 0.2) is 0 Å². The van der Waals surface area contributed by atoms with E-state index in [9.17, 15) is 0 Å². The van der Waals surface area contributed by atoms with Crippen molar-refractivity contribution >= 4 is 28.4 Å². The maximum atomic E-state index is 5.40. The summed E-state index contributed by atoms with van der Waals surface area (Å²) in [6.45, 7) is 6.47. The Labute approximate surface area is 166 Å². The van der Waals surface area contributed by atoms with Crippen LogP contribution in [-0.4, -0.2) is 41.8 Å². The standard InChI is InChI=1S/C21H29N5O2/c1-6-13-26(14-7-2)17-10-8-9-15-19(17)25(3)21(22-15)23-16-11-12-18(27-4)24-20(16)28-5/h8-12H,6-7,13-14H2,1-5H3,(H,22,23). The highest BCUT2D eigenvalue weighted by atomic mass is 16.5. The van der Waals surface area contributed by atoms with Crippen LogP contribution in [0.1, 0.15) is 26.7 Å². The smallest absolute Gasteiger partial charge is 0.240 e. The number of fused-ring (bicyclic) bond motifs is 1. The van der Waals surface area contributed by atoms with Crippen LogP contribution < -0.4 is 19.7 Å². The number of hydrogen-bond donors (Lipinski definition) is 1. The molecule has 0 bridgehead atoms. The van der Waals surface area contributed by atoms with E-state index in [1.54, 1.807) is 20.3 Å². The van der Waals surface area contributed by atoms with Crippen molar-refractivity contribution in [1.82, 2.24) is 14.5 Å². The molecule has 1 aromatic carbocycles. The van der Waals surface area contributed by atoms with E-state index in [0.717, 1.165) is 48.6 Å². The molecule has 0 aliphatic carbocycles. The lowest BCUT2D eigenvalue weighted by molar-refractivity contribution is 0.366. The molecule has 7 heteroatoms. The molecule has 0 saturated carbocycles. The number of ether oxygens (including phenoxy) is 2. The second-order valence-electron chi connectivity index (χ2n) is 6.66. The summed E-state index contributed by atoms with van der Waals surface area (Å²) in [5.41, 5.74) is 4.03. The van der Waals surface area contributed by atoms with Gasteiger partial charge in [-0.25, -0.2) is 4.98 Å². The Morgan fingerprint density at radius 2 is 1.75 bits per heavy atom. The quantitative estimate of drug-likeness (QED) is 0.592. The minimum Gasteiger partial charge on any atom is -0.481 e. The normalized spacial score (nSPS) is 10.9. The number of rotatable bonds is 9. The molecule has 7 nitrogen and oxygen atoms in total. The molecule has 2 heterocycles. The van der Waals surface area contributed by atoms with Crippen molar-refractivity contribution in [1.29, 1.82) is 0 Å². The van der Waals surface area contributed by atoms with Gasteiger partial charge in [0.2, 0.25) is 17.7 Å².